The summed E-state index contributed by atoms with van der Waals surface area (Å²) < 4.78 is 40.9. The number of aromatic nitrogens is 2. The molecule has 0 aliphatic carbocycles. The Morgan fingerprint density at radius 3 is 2.25 bits per heavy atom. The topological polar surface area (TPSA) is 17.8 Å². The Kier molecular flexibility index (Phi) is 3.02. The third kappa shape index (κ3) is 2.18. The van der Waals surface area contributed by atoms with Gasteiger partial charge in [0.2, 0.25) is 0 Å². The van der Waals surface area contributed by atoms with Crippen molar-refractivity contribution in [1.29, 1.82) is 0 Å². The van der Waals surface area contributed by atoms with Gasteiger partial charge in [0.15, 0.2) is 17.5 Å². The third-order valence-electron chi connectivity index (χ3n) is 2.90. The summed E-state index contributed by atoms with van der Waals surface area (Å²) in [6, 6.07) is 12.3. The normalized spacial score (nSPS) is 10.8. The standard InChI is InChI=1S/C15H9F3N2/c16-11-8-13(18)15(9-12(11)17)20-7-6-14(19-20)10-4-2-1-3-5-10/h1-9H. The maximum Gasteiger partial charge on any atom is 0.161 e. The van der Waals surface area contributed by atoms with Crippen molar-refractivity contribution in [3.8, 4) is 16.9 Å². The highest BCUT2D eigenvalue weighted by Crippen LogP contribution is 2.21. The van der Waals surface area contributed by atoms with E-state index in [0.29, 0.717) is 11.8 Å². The van der Waals surface area contributed by atoms with E-state index in [1.165, 1.54) is 10.9 Å². The molecule has 0 aliphatic heterocycles. The molecule has 0 spiro atoms. The summed E-state index contributed by atoms with van der Waals surface area (Å²) >= 11 is 0. The lowest BCUT2D eigenvalue weighted by molar-refractivity contribution is 0.491. The molecule has 20 heavy (non-hydrogen) atoms. The number of hydrogen-bond donors (Lipinski definition) is 0. The molecule has 0 saturated heterocycles. The fourth-order valence-corrected chi connectivity index (χ4v) is 1.91. The Morgan fingerprint density at radius 1 is 0.800 bits per heavy atom. The van der Waals surface area contributed by atoms with Crippen LogP contribution in [0.15, 0.2) is 54.7 Å². The predicted molar refractivity (Wildman–Crippen MR) is 68.9 cm³/mol. The van der Waals surface area contributed by atoms with Gasteiger partial charge >= 0.3 is 0 Å². The molecule has 0 bridgehead atoms. The van der Waals surface area contributed by atoms with E-state index in [2.05, 4.69) is 5.10 Å². The lowest BCUT2D eigenvalue weighted by Gasteiger charge is -2.04. The lowest BCUT2D eigenvalue weighted by atomic mass is 10.2. The van der Waals surface area contributed by atoms with Gasteiger partial charge in [-0.2, -0.15) is 5.10 Å². The Morgan fingerprint density at radius 2 is 1.50 bits per heavy atom. The molecule has 100 valence electrons. The summed E-state index contributed by atoms with van der Waals surface area (Å²) in [7, 11) is 0. The molecule has 1 aromatic heterocycles. The van der Waals surface area contributed by atoms with E-state index in [4.69, 9.17) is 0 Å². The van der Waals surface area contributed by atoms with Crippen LogP contribution >= 0.6 is 0 Å². The molecular weight excluding hydrogens is 265 g/mol. The van der Waals surface area contributed by atoms with Gasteiger partial charge in [0, 0.05) is 23.9 Å². The first-order valence-electron chi connectivity index (χ1n) is 5.91. The molecule has 2 aromatic carbocycles. The first-order valence-corrected chi connectivity index (χ1v) is 5.91. The highest BCUT2D eigenvalue weighted by Gasteiger charge is 2.12. The summed E-state index contributed by atoms with van der Waals surface area (Å²) in [5.41, 5.74) is 1.34. The van der Waals surface area contributed by atoms with E-state index in [9.17, 15) is 13.2 Å². The van der Waals surface area contributed by atoms with Crippen LogP contribution in [0.5, 0.6) is 0 Å². The Bertz CT molecular complexity index is 751. The fraction of sp³-hybridized carbons (Fsp3) is 0. The smallest absolute Gasteiger partial charge is 0.161 e. The van der Waals surface area contributed by atoms with Crippen LogP contribution in [0.25, 0.3) is 16.9 Å². The van der Waals surface area contributed by atoms with Crippen LogP contribution in [-0.4, -0.2) is 9.78 Å². The predicted octanol–water partition coefficient (Wildman–Crippen LogP) is 3.96. The van der Waals surface area contributed by atoms with Crippen molar-refractivity contribution in [2.24, 2.45) is 0 Å². The SMILES string of the molecule is Fc1cc(F)c(-n2ccc(-c3ccccc3)n2)cc1F. The molecule has 3 aromatic rings. The Balaban J connectivity index is 2.05. The van der Waals surface area contributed by atoms with Crippen LogP contribution in [0.1, 0.15) is 0 Å². The van der Waals surface area contributed by atoms with E-state index in [1.54, 1.807) is 6.07 Å². The highest BCUT2D eigenvalue weighted by molar-refractivity contribution is 5.58. The van der Waals surface area contributed by atoms with Gasteiger partial charge in [0.05, 0.1) is 5.69 Å². The van der Waals surface area contributed by atoms with Gasteiger partial charge in [0.1, 0.15) is 5.69 Å². The summed E-state index contributed by atoms with van der Waals surface area (Å²) in [4.78, 5) is 0. The maximum absolute atomic E-state index is 13.7. The molecule has 0 saturated carbocycles. The zero-order valence-electron chi connectivity index (χ0n) is 10.2. The molecule has 0 amide bonds. The number of benzene rings is 2. The van der Waals surface area contributed by atoms with Gasteiger partial charge in [-0.3, -0.25) is 0 Å². The molecular formula is C15H9F3N2. The van der Waals surface area contributed by atoms with Crippen molar-refractivity contribution in [3.05, 3.63) is 72.2 Å². The Hall–Kier alpha value is -2.56. The number of nitrogens with zero attached hydrogens (tertiary/aromatic N) is 2. The van der Waals surface area contributed by atoms with Crippen LogP contribution < -0.4 is 0 Å². The van der Waals surface area contributed by atoms with Crippen LogP contribution in [0, 0.1) is 17.5 Å². The minimum absolute atomic E-state index is 0.133. The quantitative estimate of drug-likeness (QED) is 0.647. The molecule has 3 rings (SSSR count). The van der Waals surface area contributed by atoms with Gasteiger partial charge < -0.3 is 0 Å². The van der Waals surface area contributed by atoms with E-state index < -0.39 is 17.5 Å². The summed E-state index contributed by atoms with van der Waals surface area (Å²) in [6.07, 6.45) is 1.50. The van der Waals surface area contributed by atoms with Crippen molar-refractivity contribution in [3.63, 3.8) is 0 Å². The van der Waals surface area contributed by atoms with Gasteiger partial charge in [-0.25, -0.2) is 17.9 Å². The molecule has 2 nitrogen and oxygen atoms in total. The molecule has 0 radical (unpaired) electrons. The summed E-state index contributed by atoms with van der Waals surface area (Å²) in [5, 5.41) is 4.17. The zero-order valence-corrected chi connectivity index (χ0v) is 10.2. The average molecular weight is 274 g/mol. The van der Waals surface area contributed by atoms with Crippen LogP contribution in [0.4, 0.5) is 13.2 Å². The maximum atomic E-state index is 13.7. The number of halogens is 3. The Labute approximate surface area is 113 Å². The van der Waals surface area contributed by atoms with Gasteiger partial charge in [0.25, 0.3) is 0 Å². The minimum Gasteiger partial charge on any atom is -0.237 e. The van der Waals surface area contributed by atoms with Gasteiger partial charge in [-0.1, -0.05) is 30.3 Å². The van der Waals surface area contributed by atoms with Crippen LogP contribution in [0.3, 0.4) is 0 Å². The highest BCUT2D eigenvalue weighted by atomic mass is 19.2. The second kappa shape index (κ2) is 4.85. The van der Waals surface area contributed by atoms with Crippen LogP contribution in [0.2, 0.25) is 0 Å². The summed E-state index contributed by atoms with van der Waals surface area (Å²) in [6.45, 7) is 0. The van der Waals surface area contributed by atoms with Crippen molar-refractivity contribution >= 4 is 0 Å². The number of rotatable bonds is 2. The molecule has 0 unspecified atom stereocenters. The molecule has 5 heteroatoms. The summed E-state index contributed by atoms with van der Waals surface area (Å²) in [5.74, 6) is -3.20. The molecule has 0 atom stereocenters. The van der Waals surface area contributed by atoms with E-state index in [1.807, 2.05) is 30.3 Å². The van der Waals surface area contributed by atoms with Crippen molar-refractivity contribution in [2.45, 2.75) is 0 Å². The van der Waals surface area contributed by atoms with Gasteiger partial charge in [-0.05, 0) is 6.07 Å². The first kappa shape index (κ1) is 12.5. The van der Waals surface area contributed by atoms with Crippen molar-refractivity contribution in [2.75, 3.05) is 0 Å². The molecule has 0 N–H and O–H groups in total. The van der Waals surface area contributed by atoms with E-state index in [-0.39, 0.29) is 5.69 Å². The molecule has 0 fully saturated rings. The molecule has 1 heterocycles. The van der Waals surface area contributed by atoms with Crippen LogP contribution in [-0.2, 0) is 0 Å². The van der Waals surface area contributed by atoms with Crippen molar-refractivity contribution in [1.82, 2.24) is 9.78 Å². The minimum atomic E-state index is -1.22. The monoisotopic (exact) mass is 274 g/mol. The lowest BCUT2D eigenvalue weighted by Crippen LogP contribution is -2.01. The van der Waals surface area contributed by atoms with Gasteiger partial charge in [-0.15, -0.1) is 0 Å². The fourth-order valence-electron chi connectivity index (χ4n) is 1.91. The first-order chi connectivity index (χ1) is 9.65. The average Bonchev–Trinajstić information content (AvgIpc) is 2.93. The zero-order chi connectivity index (χ0) is 14.1. The number of hydrogen-bond acceptors (Lipinski definition) is 1. The third-order valence-corrected chi connectivity index (χ3v) is 2.90. The van der Waals surface area contributed by atoms with E-state index in [0.717, 1.165) is 11.6 Å². The van der Waals surface area contributed by atoms with Crippen molar-refractivity contribution < 1.29 is 13.2 Å². The molecule has 0 aliphatic rings. The largest absolute Gasteiger partial charge is 0.237 e. The van der Waals surface area contributed by atoms with E-state index >= 15 is 0 Å². The second-order valence-electron chi connectivity index (χ2n) is 4.23. The second-order valence-corrected chi connectivity index (χ2v) is 4.23.